The van der Waals surface area contributed by atoms with Gasteiger partial charge in [-0.2, -0.15) is 5.10 Å². The molecular formula is C23H25F3N6O2. The Morgan fingerprint density at radius 3 is 2.71 bits per heavy atom. The minimum Gasteiger partial charge on any atom is -0.393 e. The molecular weight excluding hydrogens is 449 g/mol. The molecule has 0 bridgehead atoms. The van der Waals surface area contributed by atoms with Gasteiger partial charge in [0.2, 0.25) is 0 Å². The normalized spacial score (nSPS) is 19.4. The topological polar surface area (TPSA) is 86.0 Å². The molecule has 1 aromatic carbocycles. The maximum absolute atomic E-state index is 14.0. The second-order valence-corrected chi connectivity index (χ2v) is 8.69. The van der Waals surface area contributed by atoms with Crippen LogP contribution < -0.4 is 10.2 Å². The van der Waals surface area contributed by atoms with Crippen LogP contribution in [0.5, 0.6) is 0 Å². The van der Waals surface area contributed by atoms with Crippen molar-refractivity contribution in [2.45, 2.75) is 44.3 Å². The Hall–Kier alpha value is -3.34. The van der Waals surface area contributed by atoms with E-state index in [2.05, 4.69) is 15.4 Å². The summed E-state index contributed by atoms with van der Waals surface area (Å²) >= 11 is 0. The molecule has 34 heavy (non-hydrogen) atoms. The molecule has 1 atom stereocenters. The van der Waals surface area contributed by atoms with Gasteiger partial charge in [-0.3, -0.25) is 0 Å². The number of hydrogen-bond acceptors (Lipinski definition) is 5. The Labute approximate surface area is 194 Å². The van der Waals surface area contributed by atoms with E-state index in [1.165, 1.54) is 16.8 Å². The van der Waals surface area contributed by atoms with E-state index >= 15 is 0 Å². The summed E-state index contributed by atoms with van der Waals surface area (Å²) in [6.07, 6.45) is 2.51. The third kappa shape index (κ3) is 4.27. The van der Waals surface area contributed by atoms with Gasteiger partial charge in [-0.05, 0) is 49.4 Å². The standard InChI is InChI=1S/C23H25F3N6O2/c24-14-3-4-16(21(25)26)17(12-14)19-2-1-8-31(19)20-7-11-32-22(29-20)18(13-27-32)28-23(34)30-9-5-15(33)6-10-30/h3-4,7,11-13,15,19,21,33H,1-2,5-6,8-10H2,(H,28,34)/t19-/m1/s1. The highest BCUT2D eigenvalue weighted by atomic mass is 19.3. The minimum absolute atomic E-state index is 0.177. The van der Waals surface area contributed by atoms with Crippen LogP contribution in [0.1, 0.15) is 49.3 Å². The number of fused-ring (bicyclic) bond motifs is 1. The Bertz CT molecular complexity index is 1190. The van der Waals surface area contributed by atoms with Crippen LogP contribution in [0.15, 0.2) is 36.7 Å². The van der Waals surface area contributed by atoms with Gasteiger partial charge in [0.05, 0.1) is 18.3 Å². The second-order valence-electron chi connectivity index (χ2n) is 8.69. The number of halogens is 3. The molecule has 0 aliphatic carbocycles. The highest BCUT2D eigenvalue weighted by molar-refractivity contribution is 5.93. The van der Waals surface area contributed by atoms with Crippen LogP contribution in [0, 0.1) is 5.82 Å². The summed E-state index contributed by atoms with van der Waals surface area (Å²) < 4.78 is 42.7. The van der Waals surface area contributed by atoms with Crippen molar-refractivity contribution in [1.82, 2.24) is 19.5 Å². The molecule has 8 nitrogen and oxygen atoms in total. The van der Waals surface area contributed by atoms with Crippen LogP contribution in [-0.2, 0) is 0 Å². The molecule has 4 heterocycles. The van der Waals surface area contributed by atoms with Gasteiger partial charge in [0.15, 0.2) is 5.65 Å². The summed E-state index contributed by atoms with van der Waals surface area (Å²) in [5.41, 5.74) is 0.932. The maximum Gasteiger partial charge on any atom is 0.321 e. The first-order valence-corrected chi connectivity index (χ1v) is 11.3. The first-order valence-electron chi connectivity index (χ1n) is 11.3. The molecule has 0 spiro atoms. The van der Waals surface area contributed by atoms with Gasteiger partial charge in [-0.15, -0.1) is 0 Å². The number of alkyl halides is 2. The van der Waals surface area contributed by atoms with Gasteiger partial charge in [-0.25, -0.2) is 27.5 Å². The van der Waals surface area contributed by atoms with Crippen LogP contribution >= 0.6 is 0 Å². The van der Waals surface area contributed by atoms with Crippen LogP contribution in [-0.4, -0.2) is 56.4 Å². The molecule has 0 unspecified atom stereocenters. The lowest BCUT2D eigenvalue weighted by molar-refractivity contribution is 0.0972. The van der Waals surface area contributed by atoms with Crippen molar-refractivity contribution >= 4 is 23.2 Å². The van der Waals surface area contributed by atoms with Crippen LogP contribution in [0.4, 0.5) is 29.5 Å². The number of aromatic nitrogens is 3. The van der Waals surface area contributed by atoms with Crippen LogP contribution in [0.25, 0.3) is 5.65 Å². The van der Waals surface area contributed by atoms with E-state index in [1.807, 2.05) is 4.90 Å². The number of likely N-dealkylation sites (tertiary alicyclic amines) is 1. The largest absolute Gasteiger partial charge is 0.393 e. The zero-order chi connectivity index (χ0) is 23.8. The Kier molecular flexibility index (Phi) is 6.03. The third-order valence-electron chi connectivity index (χ3n) is 6.54. The van der Waals surface area contributed by atoms with E-state index in [0.29, 0.717) is 56.0 Å². The number of hydrogen-bond donors (Lipinski definition) is 2. The number of urea groups is 1. The van der Waals surface area contributed by atoms with Crippen LogP contribution in [0.3, 0.4) is 0 Å². The SMILES string of the molecule is O=C(Nc1cnn2ccc(N3CCC[C@@H]3c3cc(F)ccc3C(F)F)nc12)N1CCC(O)CC1. The molecule has 2 N–H and O–H groups in total. The lowest BCUT2D eigenvalue weighted by atomic mass is 9.98. The molecule has 0 radical (unpaired) electrons. The number of nitrogens with zero attached hydrogens (tertiary/aromatic N) is 5. The summed E-state index contributed by atoms with van der Waals surface area (Å²) in [7, 11) is 0. The zero-order valence-corrected chi connectivity index (χ0v) is 18.4. The number of carbonyl (C=O) groups excluding carboxylic acids is 1. The van der Waals surface area contributed by atoms with Crippen molar-refractivity contribution in [2.24, 2.45) is 0 Å². The van der Waals surface area contributed by atoms with Gasteiger partial charge >= 0.3 is 6.03 Å². The molecule has 5 rings (SSSR count). The summed E-state index contributed by atoms with van der Waals surface area (Å²) in [5, 5.41) is 16.7. The van der Waals surface area contributed by atoms with Crippen molar-refractivity contribution < 1.29 is 23.1 Å². The summed E-state index contributed by atoms with van der Waals surface area (Å²) in [5.74, 6) is -0.0164. The fraction of sp³-hybridized carbons (Fsp3) is 0.435. The van der Waals surface area contributed by atoms with Gasteiger partial charge < -0.3 is 20.2 Å². The van der Waals surface area contributed by atoms with E-state index in [-0.39, 0.29) is 23.3 Å². The predicted octanol–water partition coefficient (Wildman–Crippen LogP) is 4.14. The van der Waals surface area contributed by atoms with Gasteiger partial charge in [0.25, 0.3) is 6.43 Å². The number of carbonyl (C=O) groups is 1. The van der Waals surface area contributed by atoms with Gasteiger partial charge in [-0.1, -0.05) is 6.07 Å². The number of rotatable bonds is 4. The van der Waals surface area contributed by atoms with Crippen molar-refractivity contribution in [1.29, 1.82) is 0 Å². The lowest BCUT2D eigenvalue weighted by Crippen LogP contribution is -2.42. The monoisotopic (exact) mass is 474 g/mol. The van der Waals surface area contributed by atoms with Crippen LogP contribution in [0.2, 0.25) is 0 Å². The summed E-state index contributed by atoms with van der Waals surface area (Å²) in [4.78, 5) is 20.9. The maximum atomic E-state index is 14.0. The van der Waals surface area contributed by atoms with E-state index in [4.69, 9.17) is 0 Å². The number of aliphatic hydroxyl groups is 1. The zero-order valence-electron chi connectivity index (χ0n) is 18.4. The molecule has 2 aromatic heterocycles. The Morgan fingerprint density at radius 2 is 1.94 bits per heavy atom. The lowest BCUT2D eigenvalue weighted by Gasteiger charge is -2.29. The van der Waals surface area contributed by atoms with Crippen molar-refractivity contribution in [3.05, 3.63) is 53.6 Å². The number of amides is 2. The van der Waals surface area contributed by atoms with Gasteiger partial charge in [0.1, 0.15) is 17.3 Å². The fourth-order valence-corrected chi connectivity index (χ4v) is 4.77. The van der Waals surface area contributed by atoms with Crippen molar-refractivity contribution in [3.63, 3.8) is 0 Å². The number of piperidine rings is 1. The molecule has 2 fully saturated rings. The predicted molar refractivity (Wildman–Crippen MR) is 119 cm³/mol. The quantitative estimate of drug-likeness (QED) is 0.594. The van der Waals surface area contributed by atoms with Crippen molar-refractivity contribution in [2.75, 3.05) is 29.9 Å². The van der Waals surface area contributed by atoms with E-state index < -0.39 is 18.3 Å². The number of anilines is 2. The van der Waals surface area contributed by atoms with E-state index in [9.17, 15) is 23.1 Å². The molecule has 2 aliphatic heterocycles. The smallest absolute Gasteiger partial charge is 0.321 e. The van der Waals surface area contributed by atoms with Gasteiger partial charge in [0, 0.05) is 31.4 Å². The van der Waals surface area contributed by atoms with E-state index in [1.54, 1.807) is 17.2 Å². The first-order chi connectivity index (χ1) is 16.4. The molecule has 2 amide bonds. The number of aliphatic hydroxyl groups excluding tert-OH is 1. The highest BCUT2D eigenvalue weighted by Gasteiger charge is 2.31. The van der Waals surface area contributed by atoms with Crippen molar-refractivity contribution in [3.8, 4) is 0 Å². The Morgan fingerprint density at radius 1 is 1.15 bits per heavy atom. The highest BCUT2D eigenvalue weighted by Crippen LogP contribution is 2.39. The minimum atomic E-state index is -2.71. The molecule has 2 saturated heterocycles. The summed E-state index contributed by atoms with van der Waals surface area (Å²) in [6, 6.07) is 4.39. The molecule has 180 valence electrons. The molecule has 0 saturated carbocycles. The summed E-state index contributed by atoms with van der Waals surface area (Å²) in [6.45, 7) is 1.50. The third-order valence-corrected chi connectivity index (χ3v) is 6.54. The molecule has 2 aliphatic rings. The fourth-order valence-electron chi connectivity index (χ4n) is 4.77. The number of nitrogens with one attached hydrogen (secondary N) is 1. The second kappa shape index (κ2) is 9.13. The molecule has 3 aromatic rings. The van der Waals surface area contributed by atoms with E-state index in [0.717, 1.165) is 18.6 Å². The Balaban J connectivity index is 1.42. The molecule has 11 heteroatoms. The average molecular weight is 474 g/mol. The average Bonchev–Trinajstić information content (AvgIpc) is 3.46. The number of benzene rings is 1. The first kappa shape index (κ1) is 22.5.